The van der Waals surface area contributed by atoms with Crippen molar-refractivity contribution in [3.63, 3.8) is 0 Å². The molecule has 16 heavy (non-hydrogen) atoms. The van der Waals surface area contributed by atoms with Gasteiger partial charge in [0.2, 0.25) is 5.89 Å². The molecule has 0 spiro atoms. The van der Waals surface area contributed by atoms with Crippen molar-refractivity contribution < 1.29 is 4.42 Å². The summed E-state index contributed by atoms with van der Waals surface area (Å²) in [5.41, 5.74) is 0. The molecule has 5 nitrogen and oxygen atoms in total. The lowest BCUT2D eigenvalue weighted by atomic mass is 10.4. The van der Waals surface area contributed by atoms with Gasteiger partial charge in [-0.3, -0.25) is 0 Å². The SMILES string of the molecule is CC(Cl)c1nnc(N2CCCN(C)CC2)o1. The number of halogens is 1. The van der Waals surface area contributed by atoms with Crippen LogP contribution in [-0.2, 0) is 0 Å². The van der Waals surface area contributed by atoms with Gasteiger partial charge in [-0.05, 0) is 26.9 Å². The Hall–Kier alpha value is -0.810. The Bertz CT molecular complexity index is 341. The van der Waals surface area contributed by atoms with Gasteiger partial charge < -0.3 is 14.2 Å². The minimum atomic E-state index is -0.226. The second-order valence-corrected chi connectivity index (χ2v) is 4.84. The van der Waals surface area contributed by atoms with Crippen LogP contribution in [0.4, 0.5) is 6.01 Å². The molecule has 1 fully saturated rings. The molecule has 1 aliphatic rings. The predicted molar refractivity (Wildman–Crippen MR) is 62.9 cm³/mol. The van der Waals surface area contributed by atoms with Gasteiger partial charge in [-0.25, -0.2) is 0 Å². The highest BCUT2D eigenvalue weighted by molar-refractivity contribution is 6.20. The first-order valence-electron chi connectivity index (χ1n) is 5.58. The normalized spacial score (nSPS) is 20.8. The third-order valence-electron chi connectivity index (χ3n) is 2.76. The molecule has 0 amide bonds. The molecule has 0 aliphatic carbocycles. The molecule has 1 aromatic rings. The van der Waals surface area contributed by atoms with Crippen molar-refractivity contribution >= 4 is 17.6 Å². The lowest BCUT2D eigenvalue weighted by Crippen LogP contribution is -2.28. The third kappa shape index (κ3) is 2.65. The molecule has 1 aliphatic heterocycles. The quantitative estimate of drug-likeness (QED) is 0.738. The standard InChI is InChI=1S/C10H17ClN4O/c1-8(11)9-12-13-10(16-9)15-5-3-4-14(2)6-7-15/h8H,3-7H2,1-2H3. The maximum absolute atomic E-state index is 5.89. The average molecular weight is 245 g/mol. The molecule has 0 radical (unpaired) electrons. The first-order chi connectivity index (χ1) is 7.66. The van der Waals surface area contributed by atoms with Gasteiger partial charge in [0.25, 0.3) is 0 Å². The molecule has 1 unspecified atom stereocenters. The lowest BCUT2D eigenvalue weighted by Gasteiger charge is -2.17. The smallest absolute Gasteiger partial charge is 0.318 e. The van der Waals surface area contributed by atoms with E-state index in [2.05, 4.69) is 27.0 Å². The van der Waals surface area contributed by atoms with Gasteiger partial charge in [0.05, 0.1) is 0 Å². The summed E-state index contributed by atoms with van der Waals surface area (Å²) in [6.07, 6.45) is 1.12. The van der Waals surface area contributed by atoms with Crippen molar-refractivity contribution in [2.75, 3.05) is 38.1 Å². The topological polar surface area (TPSA) is 45.4 Å². The number of anilines is 1. The summed E-state index contributed by atoms with van der Waals surface area (Å²) >= 11 is 5.89. The Morgan fingerprint density at radius 1 is 1.25 bits per heavy atom. The average Bonchev–Trinajstić information content (AvgIpc) is 2.63. The zero-order valence-corrected chi connectivity index (χ0v) is 10.4. The Morgan fingerprint density at radius 2 is 2.06 bits per heavy atom. The predicted octanol–water partition coefficient (Wildman–Crippen LogP) is 1.51. The molecular weight excluding hydrogens is 228 g/mol. The molecule has 0 aromatic carbocycles. The van der Waals surface area contributed by atoms with E-state index in [1.807, 2.05) is 6.92 Å². The van der Waals surface area contributed by atoms with Gasteiger partial charge in [-0.1, -0.05) is 5.10 Å². The second-order valence-electron chi connectivity index (χ2n) is 4.18. The van der Waals surface area contributed by atoms with Crippen molar-refractivity contribution in [1.82, 2.24) is 15.1 Å². The van der Waals surface area contributed by atoms with E-state index in [4.69, 9.17) is 16.0 Å². The monoisotopic (exact) mass is 244 g/mol. The molecule has 1 atom stereocenters. The van der Waals surface area contributed by atoms with E-state index >= 15 is 0 Å². The fraction of sp³-hybridized carbons (Fsp3) is 0.800. The highest BCUT2D eigenvalue weighted by Gasteiger charge is 2.19. The summed E-state index contributed by atoms with van der Waals surface area (Å²) in [5.74, 6) is 0.495. The van der Waals surface area contributed by atoms with Gasteiger partial charge >= 0.3 is 6.01 Å². The maximum Gasteiger partial charge on any atom is 0.318 e. The first kappa shape index (κ1) is 11.7. The summed E-state index contributed by atoms with van der Waals surface area (Å²) in [7, 11) is 2.13. The van der Waals surface area contributed by atoms with Crippen LogP contribution in [-0.4, -0.2) is 48.3 Å². The Labute approximate surface area is 100 Å². The van der Waals surface area contributed by atoms with Crippen molar-refractivity contribution in [3.05, 3.63) is 5.89 Å². The number of hydrogen-bond acceptors (Lipinski definition) is 5. The number of hydrogen-bond donors (Lipinski definition) is 0. The number of nitrogens with zero attached hydrogens (tertiary/aromatic N) is 4. The highest BCUT2D eigenvalue weighted by atomic mass is 35.5. The van der Waals surface area contributed by atoms with Gasteiger partial charge in [0.1, 0.15) is 5.38 Å². The minimum Gasteiger partial charge on any atom is -0.406 e. The molecular formula is C10H17ClN4O. The summed E-state index contributed by atoms with van der Waals surface area (Å²) in [6.45, 7) is 5.85. The number of alkyl halides is 1. The van der Waals surface area contributed by atoms with Crippen LogP contribution in [0.1, 0.15) is 24.6 Å². The van der Waals surface area contributed by atoms with Crippen molar-refractivity contribution in [2.45, 2.75) is 18.7 Å². The summed E-state index contributed by atoms with van der Waals surface area (Å²) < 4.78 is 5.53. The zero-order chi connectivity index (χ0) is 11.5. The van der Waals surface area contributed by atoms with Gasteiger partial charge in [0, 0.05) is 19.6 Å². The van der Waals surface area contributed by atoms with Crippen LogP contribution in [0.3, 0.4) is 0 Å². The summed E-state index contributed by atoms with van der Waals surface area (Å²) in [6, 6.07) is 0.595. The zero-order valence-electron chi connectivity index (χ0n) is 9.69. The van der Waals surface area contributed by atoms with E-state index < -0.39 is 0 Å². The maximum atomic E-state index is 5.89. The molecule has 2 heterocycles. The fourth-order valence-corrected chi connectivity index (χ4v) is 1.84. The van der Waals surface area contributed by atoms with Crippen molar-refractivity contribution in [3.8, 4) is 0 Å². The van der Waals surface area contributed by atoms with Crippen LogP contribution in [0.15, 0.2) is 4.42 Å². The van der Waals surface area contributed by atoms with Crippen molar-refractivity contribution in [2.24, 2.45) is 0 Å². The van der Waals surface area contributed by atoms with E-state index in [-0.39, 0.29) is 5.38 Å². The molecule has 0 bridgehead atoms. The molecule has 90 valence electrons. The van der Waals surface area contributed by atoms with Gasteiger partial charge in [0.15, 0.2) is 0 Å². The molecule has 1 aromatic heterocycles. The highest BCUT2D eigenvalue weighted by Crippen LogP contribution is 2.22. The molecule has 1 saturated heterocycles. The largest absolute Gasteiger partial charge is 0.406 e. The molecule has 0 saturated carbocycles. The summed E-state index contributed by atoms with van der Waals surface area (Å²) in [5, 5.41) is 7.74. The minimum absolute atomic E-state index is 0.226. The number of likely N-dealkylation sites (N-methyl/N-ethyl adjacent to an activating group) is 1. The van der Waals surface area contributed by atoms with E-state index in [9.17, 15) is 0 Å². The van der Waals surface area contributed by atoms with E-state index in [0.29, 0.717) is 11.9 Å². The van der Waals surface area contributed by atoms with Crippen molar-refractivity contribution in [1.29, 1.82) is 0 Å². The van der Waals surface area contributed by atoms with Crippen LogP contribution in [0, 0.1) is 0 Å². The Kier molecular flexibility index (Phi) is 3.66. The molecule has 0 N–H and O–H groups in total. The summed E-state index contributed by atoms with van der Waals surface area (Å²) in [4.78, 5) is 4.43. The Morgan fingerprint density at radius 3 is 2.75 bits per heavy atom. The van der Waals surface area contributed by atoms with E-state index in [1.165, 1.54) is 0 Å². The van der Waals surface area contributed by atoms with E-state index in [1.54, 1.807) is 0 Å². The van der Waals surface area contributed by atoms with Gasteiger partial charge in [-0.2, -0.15) is 0 Å². The first-order valence-corrected chi connectivity index (χ1v) is 6.01. The van der Waals surface area contributed by atoms with Crippen LogP contribution in [0.5, 0.6) is 0 Å². The lowest BCUT2D eigenvalue weighted by molar-refractivity contribution is 0.359. The van der Waals surface area contributed by atoms with Crippen LogP contribution >= 0.6 is 11.6 Å². The fourth-order valence-electron chi connectivity index (χ4n) is 1.75. The number of rotatable bonds is 2. The second kappa shape index (κ2) is 5.01. The Balaban J connectivity index is 2.05. The van der Waals surface area contributed by atoms with Crippen LogP contribution < -0.4 is 4.90 Å². The van der Waals surface area contributed by atoms with Crippen LogP contribution in [0.25, 0.3) is 0 Å². The van der Waals surface area contributed by atoms with Gasteiger partial charge in [-0.15, -0.1) is 16.7 Å². The molecule has 2 rings (SSSR count). The van der Waals surface area contributed by atoms with Crippen LogP contribution in [0.2, 0.25) is 0 Å². The molecule has 6 heteroatoms. The number of aromatic nitrogens is 2. The third-order valence-corrected chi connectivity index (χ3v) is 2.95. The van der Waals surface area contributed by atoms with E-state index in [0.717, 1.165) is 32.6 Å².